The average molecular weight is 293 g/mol. The SMILES string of the molecule is Cc1c(NN)nc(C(C)C)nc1NC1CCOC(C)(C)C1. The van der Waals surface area contributed by atoms with Gasteiger partial charge in [0.2, 0.25) is 0 Å². The Kier molecular flexibility index (Phi) is 4.68. The third-order valence-corrected chi connectivity index (χ3v) is 3.85. The highest BCUT2D eigenvalue weighted by Gasteiger charge is 2.29. The van der Waals surface area contributed by atoms with Gasteiger partial charge in [-0.1, -0.05) is 13.8 Å². The van der Waals surface area contributed by atoms with E-state index in [1.54, 1.807) is 0 Å². The van der Waals surface area contributed by atoms with Gasteiger partial charge in [-0.2, -0.15) is 0 Å². The molecule has 0 aromatic carbocycles. The van der Waals surface area contributed by atoms with E-state index in [4.69, 9.17) is 10.6 Å². The van der Waals surface area contributed by atoms with Crippen molar-refractivity contribution in [2.75, 3.05) is 17.3 Å². The molecule has 0 spiro atoms. The van der Waals surface area contributed by atoms with Crippen molar-refractivity contribution in [1.82, 2.24) is 9.97 Å². The predicted molar refractivity (Wildman–Crippen MR) is 85.3 cm³/mol. The van der Waals surface area contributed by atoms with Crippen LogP contribution in [0.3, 0.4) is 0 Å². The van der Waals surface area contributed by atoms with Crippen molar-refractivity contribution < 1.29 is 4.74 Å². The van der Waals surface area contributed by atoms with Crippen LogP contribution in [-0.2, 0) is 4.74 Å². The molecule has 1 fully saturated rings. The molecule has 1 unspecified atom stereocenters. The van der Waals surface area contributed by atoms with Crippen LogP contribution in [0.15, 0.2) is 0 Å². The van der Waals surface area contributed by atoms with Gasteiger partial charge in [0, 0.05) is 24.1 Å². The number of nitrogens with two attached hydrogens (primary N) is 1. The number of hydrogen-bond acceptors (Lipinski definition) is 6. The third-order valence-electron chi connectivity index (χ3n) is 3.85. The molecule has 1 aliphatic heterocycles. The minimum atomic E-state index is -0.0906. The maximum absolute atomic E-state index is 5.77. The molecule has 0 bridgehead atoms. The molecule has 0 saturated carbocycles. The zero-order valence-electron chi connectivity index (χ0n) is 13.7. The molecule has 6 nitrogen and oxygen atoms in total. The van der Waals surface area contributed by atoms with E-state index in [0.717, 1.165) is 36.7 Å². The topological polar surface area (TPSA) is 85.1 Å². The predicted octanol–water partition coefficient (Wildman–Crippen LogP) is 2.56. The number of nitrogens with zero attached hydrogens (tertiary/aromatic N) is 2. The average Bonchev–Trinajstić information content (AvgIpc) is 2.39. The zero-order chi connectivity index (χ0) is 15.6. The summed E-state index contributed by atoms with van der Waals surface area (Å²) in [5.74, 6) is 8.17. The lowest BCUT2D eigenvalue weighted by atomic mass is 9.94. The highest BCUT2D eigenvalue weighted by molar-refractivity contribution is 5.57. The first-order chi connectivity index (χ1) is 9.82. The number of ether oxygens (including phenoxy) is 1. The van der Waals surface area contributed by atoms with Crippen LogP contribution in [0.5, 0.6) is 0 Å². The van der Waals surface area contributed by atoms with Crippen LogP contribution < -0.4 is 16.6 Å². The number of nitrogens with one attached hydrogen (secondary N) is 2. The number of hydrogen-bond donors (Lipinski definition) is 3. The Labute approximate surface area is 126 Å². The minimum Gasteiger partial charge on any atom is -0.375 e. The molecule has 4 N–H and O–H groups in total. The van der Waals surface area contributed by atoms with Crippen molar-refractivity contribution in [1.29, 1.82) is 0 Å². The molecule has 0 aliphatic carbocycles. The maximum atomic E-state index is 5.77. The highest BCUT2D eigenvalue weighted by atomic mass is 16.5. The van der Waals surface area contributed by atoms with Gasteiger partial charge in [-0.05, 0) is 33.6 Å². The Morgan fingerprint density at radius 2 is 1.95 bits per heavy atom. The van der Waals surface area contributed by atoms with Crippen molar-refractivity contribution in [3.05, 3.63) is 11.4 Å². The second-order valence-electron chi connectivity index (χ2n) is 6.65. The van der Waals surface area contributed by atoms with Gasteiger partial charge in [-0.25, -0.2) is 15.8 Å². The summed E-state index contributed by atoms with van der Waals surface area (Å²) >= 11 is 0. The van der Waals surface area contributed by atoms with E-state index in [1.807, 2.05) is 6.92 Å². The first-order valence-electron chi connectivity index (χ1n) is 7.58. The molecule has 1 aromatic heterocycles. The minimum absolute atomic E-state index is 0.0906. The fourth-order valence-electron chi connectivity index (χ4n) is 2.62. The molecular weight excluding hydrogens is 266 g/mol. The van der Waals surface area contributed by atoms with Crippen molar-refractivity contribution in [3.63, 3.8) is 0 Å². The first kappa shape index (κ1) is 16.0. The molecule has 2 rings (SSSR count). The summed E-state index contributed by atoms with van der Waals surface area (Å²) in [7, 11) is 0. The normalized spacial score (nSPS) is 21.4. The van der Waals surface area contributed by atoms with E-state index >= 15 is 0 Å². The quantitative estimate of drug-likeness (QED) is 0.584. The van der Waals surface area contributed by atoms with E-state index in [1.165, 1.54) is 0 Å². The highest BCUT2D eigenvalue weighted by Crippen LogP contribution is 2.28. The van der Waals surface area contributed by atoms with Gasteiger partial charge in [0.1, 0.15) is 17.5 Å². The number of hydrazine groups is 1. The van der Waals surface area contributed by atoms with Crippen molar-refractivity contribution >= 4 is 11.6 Å². The van der Waals surface area contributed by atoms with Crippen LogP contribution in [-0.4, -0.2) is 28.2 Å². The molecule has 1 aliphatic rings. The van der Waals surface area contributed by atoms with Gasteiger partial charge in [-0.15, -0.1) is 0 Å². The molecule has 118 valence electrons. The fraction of sp³-hybridized carbons (Fsp3) is 0.733. The first-order valence-corrected chi connectivity index (χ1v) is 7.58. The van der Waals surface area contributed by atoms with Crippen LogP contribution >= 0.6 is 0 Å². The van der Waals surface area contributed by atoms with E-state index in [2.05, 4.69) is 48.4 Å². The summed E-state index contributed by atoms with van der Waals surface area (Å²) < 4.78 is 5.77. The lowest BCUT2D eigenvalue weighted by Crippen LogP contribution is -2.40. The Balaban J connectivity index is 2.24. The van der Waals surface area contributed by atoms with Gasteiger partial charge in [0.25, 0.3) is 0 Å². The van der Waals surface area contributed by atoms with E-state index in [-0.39, 0.29) is 11.5 Å². The summed E-state index contributed by atoms with van der Waals surface area (Å²) in [6, 6.07) is 0.355. The molecule has 1 aromatic rings. The summed E-state index contributed by atoms with van der Waals surface area (Å²) in [6.45, 7) is 11.2. The lowest BCUT2D eigenvalue weighted by molar-refractivity contribution is -0.0553. The molecule has 0 amide bonds. The Hall–Kier alpha value is -1.40. The number of nitrogen functional groups attached to an aromatic ring is 1. The van der Waals surface area contributed by atoms with Crippen molar-refractivity contribution in [2.24, 2.45) is 5.84 Å². The number of rotatable bonds is 4. The molecule has 1 atom stereocenters. The standard InChI is InChI=1S/C15H27N5O/c1-9(2)12-18-13(10(3)14(19-12)20-16)17-11-6-7-21-15(4,5)8-11/h9,11H,6-8,16H2,1-5H3,(H2,17,18,19,20). The Bertz CT molecular complexity index is 501. The Morgan fingerprint density at radius 3 is 2.52 bits per heavy atom. The van der Waals surface area contributed by atoms with Gasteiger partial charge in [0.05, 0.1) is 5.60 Å². The zero-order valence-corrected chi connectivity index (χ0v) is 13.7. The molecular formula is C15H27N5O. The summed E-state index contributed by atoms with van der Waals surface area (Å²) in [4.78, 5) is 9.12. The second-order valence-corrected chi connectivity index (χ2v) is 6.65. The largest absolute Gasteiger partial charge is 0.375 e. The smallest absolute Gasteiger partial charge is 0.148 e. The summed E-state index contributed by atoms with van der Waals surface area (Å²) in [6.07, 6.45) is 1.94. The van der Waals surface area contributed by atoms with Crippen molar-refractivity contribution in [3.8, 4) is 0 Å². The van der Waals surface area contributed by atoms with E-state index < -0.39 is 0 Å². The van der Waals surface area contributed by atoms with Crippen LogP contribution in [0.1, 0.15) is 57.8 Å². The molecule has 1 saturated heterocycles. The van der Waals surface area contributed by atoms with Crippen LogP contribution in [0.4, 0.5) is 11.6 Å². The van der Waals surface area contributed by atoms with Gasteiger partial charge in [0.15, 0.2) is 0 Å². The fourth-order valence-corrected chi connectivity index (χ4v) is 2.62. The summed E-state index contributed by atoms with van der Waals surface area (Å²) in [5, 5.41) is 3.55. The van der Waals surface area contributed by atoms with E-state index in [9.17, 15) is 0 Å². The van der Waals surface area contributed by atoms with Crippen molar-refractivity contribution in [2.45, 2.75) is 65.0 Å². The van der Waals surface area contributed by atoms with Crippen LogP contribution in [0, 0.1) is 6.92 Å². The van der Waals surface area contributed by atoms with Crippen LogP contribution in [0.25, 0.3) is 0 Å². The maximum Gasteiger partial charge on any atom is 0.148 e. The van der Waals surface area contributed by atoms with Gasteiger partial charge >= 0.3 is 0 Å². The lowest BCUT2D eigenvalue weighted by Gasteiger charge is -2.36. The monoisotopic (exact) mass is 293 g/mol. The molecule has 0 radical (unpaired) electrons. The second kappa shape index (κ2) is 6.15. The molecule has 2 heterocycles. The Morgan fingerprint density at radius 1 is 1.29 bits per heavy atom. The number of anilines is 2. The molecule has 6 heteroatoms. The molecule has 21 heavy (non-hydrogen) atoms. The number of aromatic nitrogens is 2. The van der Waals surface area contributed by atoms with E-state index in [0.29, 0.717) is 11.9 Å². The van der Waals surface area contributed by atoms with Gasteiger partial charge in [-0.3, -0.25) is 0 Å². The van der Waals surface area contributed by atoms with Gasteiger partial charge < -0.3 is 15.5 Å². The summed E-state index contributed by atoms with van der Waals surface area (Å²) in [5.41, 5.74) is 3.53. The van der Waals surface area contributed by atoms with Crippen LogP contribution in [0.2, 0.25) is 0 Å². The third kappa shape index (κ3) is 3.83.